The van der Waals surface area contributed by atoms with Crippen LogP contribution in [-0.4, -0.2) is 49.3 Å². The molecule has 0 spiro atoms. The Morgan fingerprint density at radius 1 is 1.50 bits per heavy atom. The number of nitrogens with one attached hydrogen (secondary N) is 1. The van der Waals surface area contributed by atoms with Crippen LogP contribution in [0.4, 0.5) is 0 Å². The van der Waals surface area contributed by atoms with Crippen molar-refractivity contribution >= 4 is 0 Å². The molecule has 14 heavy (non-hydrogen) atoms. The van der Waals surface area contributed by atoms with Crippen LogP contribution in [0.15, 0.2) is 0 Å². The first-order chi connectivity index (χ1) is 6.77. The fraction of sp³-hybridized carbons (Fsp3) is 1.00. The zero-order chi connectivity index (χ0) is 10.4. The summed E-state index contributed by atoms with van der Waals surface area (Å²) in [6.07, 6.45) is 4.02. The van der Waals surface area contributed by atoms with Gasteiger partial charge in [0.2, 0.25) is 0 Å². The number of hydrogen-bond acceptors (Lipinski definition) is 3. The normalized spacial score (nSPS) is 19.7. The van der Waals surface area contributed by atoms with Gasteiger partial charge in [-0.25, -0.2) is 0 Å². The van der Waals surface area contributed by atoms with Gasteiger partial charge in [0.15, 0.2) is 0 Å². The van der Waals surface area contributed by atoms with Crippen LogP contribution in [0.2, 0.25) is 0 Å². The van der Waals surface area contributed by atoms with Crippen molar-refractivity contribution in [3.63, 3.8) is 0 Å². The zero-order valence-corrected chi connectivity index (χ0v) is 9.50. The minimum atomic E-state index is 0.294. The molecule has 1 rings (SSSR count). The minimum Gasteiger partial charge on any atom is -0.395 e. The third-order valence-corrected chi connectivity index (χ3v) is 3.08. The van der Waals surface area contributed by atoms with E-state index in [0.717, 1.165) is 25.7 Å². The summed E-state index contributed by atoms with van der Waals surface area (Å²) in [6.45, 7) is 5.59. The average Bonchev–Trinajstić information content (AvgIpc) is 2.01. The van der Waals surface area contributed by atoms with Gasteiger partial charge < -0.3 is 10.4 Å². The molecule has 0 amide bonds. The van der Waals surface area contributed by atoms with E-state index in [0.29, 0.717) is 12.5 Å². The standard InChI is InChI=1S/C11H24N2O/c1-10(8-12-2)9-13(6-7-14)11-4-3-5-11/h10-12,14H,3-9H2,1-2H3. The van der Waals surface area contributed by atoms with E-state index in [1.54, 1.807) is 0 Å². The molecule has 0 aromatic rings. The van der Waals surface area contributed by atoms with Crippen molar-refractivity contribution in [1.82, 2.24) is 10.2 Å². The highest BCUT2D eigenvalue weighted by Gasteiger charge is 2.25. The minimum absolute atomic E-state index is 0.294. The summed E-state index contributed by atoms with van der Waals surface area (Å²) in [7, 11) is 2.00. The predicted molar refractivity (Wildman–Crippen MR) is 59.4 cm³/mol. The average molecular weight is 200 g/mol. The highest BCUT2D eigenvalue weighted by molar-refractivity contribution is 4.81. The molecule has 0 heterocycles. The van der Waals surface area contributed by atoms with E-state index in [9.17, 15) is 0 Å². The first-order valence-corrected chi connectivity index (χ1v) is 5.77. The molecular formula is C11H24N2O. The molecule has 2 N–H and O–H groups in total. The summed E-state index contributed by atoms with van der Waals surface area (Å²) in [5.74, 6) is 0.673. The molecule has 0 aromatic carbocycles. The lowest BCUT2D eigenvalue weighted by atomic mass is 9.91. The highest BCUT2D eigenvalue weighted by atomic mass is 16.3. The first-order valence-electron chi connectivity index (χ1n) is 5.77. The van der Waals surface area contributed by atoms with Crippen LogP contribution < -0.4 is 5.32 Å². The molecule has 1 unspecified atom stereocenters. The molecule has 3 nitrogen and oxygen atoms in total. The Morgan fingerprint density at radius 2 is 2.21 bits per heavy atom. The summed E-state index contributed by atoms with van der Waals surface area (Å²) < 4.78 is 0. The van der Waals surface area contributed by atoms with Gasteiger partial charge in [-0.3, -0.25) is 4.90 Å². The second-order valence-corrected chi connectivity index (χ2v) is 4.47. The van der Waals surface area contributed by atoms with E-state index >= 15 is 0 Å². The summed E-state index contributed by atoms with van der Waals surface area (Å²) in [5.41, 5.74) is 0. The maximum atomic E-state index is 8.99. The van der Waals surface area contributed by atoms with Crippen molar-refractivity contribution < 1.29 is 5.11 Å². The molecular weight excluding hydrogens is 176 g/mol. The van der Waals surface area contributed by atoms with Gasteiger partial charge >= 0.3 is 0 Å². The van der Waals surface area contributed by atoms with Crippen molar-refractivity contribution in [3.8, 4) is 0 Å². The number of hydrogen-bond donors (Lipinski definition) is 2. The quantitative estimate of drug-likeness (QED) is 0.634. The summed E-state index contributed by atoms with van der Waals surface area (Å²) >= 11 is 0. The Morgan fingerprint density at radius 3 is 2.64 bits per heavy atom. The number of aliphatic hydroxyl groups excluding tert-OH is 1. The van der Waals surface area contributed by atoms with Gasteiger partial charge in [0, 0.05) is 19.1 Å². The Balaban J connectivity index is 2.26. The van der Waals surface area contributed by atoms with Gasteiger partial charge in [0.05, 0.1) is 6.61 Å². The molecule has 0 radical (unpaired) electrons. The zero-order valence-electron chi connectivity index (χ0n) is 9.50. The van der Waals surface area contributed by atoms with Crippen molar-refractivity contribution in [2.75, 3.05) is 33.3 Å². The number of rotatable bonds is 7. The Bertz CT molecular complexity index is 148. The molecule has 1 aliphatic rings. The third kappa shape index (κ3) is 3.56. The topological polar surface area (TPSA) is 35.5 Å². The molecule has 1 aliphatic carbocycles. The summed E-state index contributed by atoms with van der Waals surface area (Å²) in [5, 5.41) is 12.2. The van der Waals surface area contributed by atoms with Crippen LogP contribution in [0.5, 0.6) is 0 Å². The lowest BCUT2D eigenvalue weighted by Gasteiger charge is -2.38. The van der Waals surface area contributed by atoms with Gasteiger partial charge in [-0.1, -0.05) is 13.3 Å². The predicted octanol–water partition coefficient (Wildman–Crippen LogP) is 0.689. The van der Waals surface area contributed by atoms with Crippen LogP contribution in [-0.2, 0) is 0 Å². The third-order valence-electron chi connectivity index (χ3n) is 3.08. The maximum absolute atomic E-state index is 8.99. The van der Waals surface area contributed by atoms with Crippen LogP contribution in [0.3, 0.4) is 0 Å². The largest absolute Gasteiger partial charge is 0.395 e. The Kier molecular flexibility index (Phi) is 5.45. The highest BCUT2D eigenvalue weighted by Crippen LogP contribution is 2.25. The molecule has 84 valence electrons. The van der Waals surface area contributed by atoms with Gasteiger partial charge in [0.25, 0.3) is 0 Å². The summed E-state index contributed by atoms with van der Waals surface area (Å²) in [6, 6.07) is 0.751. The molecule has 0 aromatic heterocycles. The second-order valence-electron chi connectivity index (χ2n) is 4.47. The molecule has 3 heteroatoms. The molecule has 0 aliphatic heterocycles. The van der Waals surface area contributed by atoms with E-state index in [1.165, 1.54) is 19.3 Å². The molecule has 1 atom stereocenters. The van der Waals surface area contributed by atoms with Crippen LogP contribution >= 0.6 is 0 Å². The SMILES string of the molecule is CNCC(C)CN(CCO)C1CCC1. The van der Waals surface area contributed by atoms with E-state index in [-0.39, 0.29) is 0 Å². The Labute approximate surface area is 87.5 Å². The van der Waals surface area contributed by atoms with E-state index in [4.69, 9.17) is 5.11 Å². The van der Waals surface area contributed by atoms with Gasteiger partial charge in [-0.2, -0.15) is 0 Å². The lowest BCUT2D eigenvalue weighted by Crippen LogP contribution is -2.45. The maximum Gasteiger partial charge on any atom is 0.0558 e. The van der Waals surface area contributed by atoms with Crippen LogP contribution in [0.25, 0.3) is 0 Å². The van der Waals surface area contributed by atoms with Gasteiger partial charge in [0.1, 0.15) is 0 Å². The van der Waals surface area contributed by atoms with Crippen molar-refractivity contribution in [1.29, 1.82) is 0 Å². The van der Waals surface area contributed by atoms with Crippen molar-refractivity contribution in [2.24, 2.45) is 5.92 Å². The Hall–Kier alpha value is -0.120. The van der Waals surface area contributed by atoms with Crippen LogP contribution in [0, 0.1) is 5.92 Å². The van der Waals surface area contributed by atoms with E-state index < -0.39 is 0 Å². The van der Waals surface area contributed by atoms with E-state index in [1.807, 2.05) is 7.05 Å². The fourth-order valence-electron chi connectivity index (χ4n) is 2.12. The smallest absolute Gasteiger partial charge is 0.0558 e. The van der Waals surface area contributed by atoms with Gasteiger partial charge in [-0.05, 0) is 32.4 Å². The summed E-state index contributed by atoms with van der Waals surface area (Å²) in [4.78, 5) is 2.45. The molecule has 1 fully saturated rings. The fourth-order valence-corrected chi connectivity index (χ4v) is 2.12. The first kappa shape index (κ1) is 12.0. The van der Waals surface area contributed by atoms with Crippen molar-refractivity contribution in [3.05, 3.63) is 0 Å². The van der Waals surface area contributed by atoms with Gasteiger partial charge in [-0.15, -0.1) is 0 Å². The molecule has 0 bridgehead atoms. The molecule has 1 saturated carbocycles. The number of aliphatic hydroxyl groups is 1. The second kappa shape index (κ2) is 6.38. The van der Waals surface area contributed by atoms with Crippen LogP contribution in [0.1, 0.15) is 26.2 Å². The number of nitrogens with zero attached hydrogens (tertiary/aromatic N) is 1. The molecule has 0 saturated heterocycles. The lowest BCUT2D eigenvalue weighted by molar-refractivity contribution is 0.0876. The monoisotopic (exact) mass is 200 g/mol. The van der Waals surface area contributed by atoms with E-state index in [2.05, 4.69) is 17.1 Å². The van der Waals surface area contributed by atoms with Crippen molar-refractivity contribution in [2.45, 2.75) is 32.2 Å².